The summed E-state index contributed by atoms with van der Waals surface area (Å²) in [6.45, 7) is 2.89. The SMILES string of the molecule is c1ccc(C2OCCCO2)c(-c2ccc(-c3ccccc3C3OCCCO3)c3ccccc23)c1. The molecule has 0 N–H and O–H groups in total. The highest BCUT2D eigenvalue weighted by Gasteiger charge is 2.23. The number of rotatable bonds is 4. The Hall–Kier alpha value is -3.02. The zero-order valence-electron chi connectivity index (χ0n) is 19.1. The largest absolute Gasteiger partial charge is 0.348 e. The monoisotopic (exact) mass is 452 g/mol. The summed E-state index contributed by atoms with van der Waals surface area (Å²) >= 11 is 0. The normalized spacial score (nSPS) is 17.8. The molecular weight excluding hydrogens is 424 g/mol. The van der Waals surface area contributed by atoms with Gasteiger partial charge in [0, 0.05) is 11.1 Å². The fourth-order valence-corrected chi connectivity index (χ4v) is 5.00. The van der Waals surface area contributed by atoms with Crippen LogP contribution >= 0.6 is 0 Å². The van der Waals surface area contributed by atoms with E-state index < -0.39 is 0 Å². The van der Waals surface area contributed by atoms with Crippen LogP contribution in [0.1, 0.15) is 36.5 Å². The predicted octanol–water partition coefficient (Wildman–Crippen LogP) is 7.04. The minimum Gasteiger partial charge on any atom is -0.348 e. The molecule has 0 saturated carbocycles. The highest BCUT2D eigenvalue weighted by atomic mass is 16.7. The van der Waals surface area contributed by atoms with Gasteiger partial charge in [0.15, 0.2) is 12.6 Å². The van der Waals surface area contributed by atoms with E-state index in [0.717, 1.165) is 61.5 Å². The lowest BCUT2D eigenvalue weighted by Gasteiger charge is -2.27. The molecule has 0 aromatic heterocycles. The molecule has 0 atom stereocenters. The molecule has 0 radical (unpaired) electrons. The van der Waals surface area contributed by atoms with E-state index in [9.17, 15) is 0 Å². The van der Waals surface area contributed by atoms with Gasteiger partial charge in [-0.15, -0.1) is 0 Å². The molecule has 4 heteroatoms. The lowest BCUT2D eigenvalue weighted by Crippen LogP contribution is -2.18. The summed E-state index contributed by atoms with van der Waals surface area (Å²) in [6, 6.07) is 29.9. The number of fused-ring (bicyclic) bond motifs is 1. The number of hydrogen-bond acceptors (Lipinski definition) is 4. The second-order valence-electron chi connectivity index (χ2n) is 8.73. The Morgan fingerprint density at radius 1 is 0.412 bits per heavy atom. The molecule has 2 saturated heterocycles. The van der Waals surface area contributed by atoms with Crippen LogP contribution in [0.15, 0.2) is 84.9 Å². The third-order valence-corrected chi connectivity index (χ3v) is 6.59. The molecule has 4 aromatic rings. The van der Waals surface area contributed by atoms with Gasteiger partial charge in [-0.2, -0.15) is 0 Å². The molecule has 0 bridgehead atoms. The number of ether oxygens (including phenoxy) is 4. The Labute approximate surface area is 200 Å². The molecule has 2 fully saturated rings. The van der Waals surface area contributed by atoms with Crippen molar-refractivity contribution in [3.63, 3.8) is 0 Å². The molecule has 4 nitrogen and oxygen atoms in total. The second-order valence-corrected chi connectivity index (χ2v) is 8.73. The molecule has 2 aliphatic heterocycles. The number of benzene rings is 4. The second kappa shape index (κ2) is 9.69. The van der Waals surface area contributed by atoms with Gasteiger partial charge < -0.3 is 18.9 Å². The van der Waals surface area contributed by atoms with E-state index in [2.05, 4.69) is 84.9 Å². The highest BCUT2D eigenvalue weighted by molar-refractivity contribution is 6.05. The first-order valence-electron chi connectivity index (χ1n) is 12.1. The summed E-state index contributed by atoms with van der Waals surface area (Å²) in [5, 5.41) is 2.40. The van der Waals surface area contributed by atoms with Crippen molar-refractivity contribution in [2.24, 2.45) is 0 Å². The minimum absolute atomic E-state index is 0.329. The van der Waals surface area contributed by atoms with Crippen LogP contribution in [0.4, 0.5) is 0 Å². The van der Waals surface area contributed by atoms with E-state index in [1.54, 1.807) is 0 Å². The molecule has 0 unspecified atom stereocenters. The van der Waals surface area contributed by atoms with Crippen LogP contribution in [0.2, 0.25) is 0 Å². The first-order valence-corrected chi connectivity index (χ1v) is 12.1. The van der Waals surface area contributed by atoms with Crippen LogP contribution in [0.25, 0.3) is 33.0 Å². The lowest BCUT2D eigenvalue weighted by molar-refractivity contribution is -0.182. The molecule has 0 spiro atoms. The Bertz CT molecular complexity index is 1190. The third kappa shape index (κ3) is 4.04. The Morgan fingerprint density at radius 3 is 1.24 bits per heavy atom. The lowest BCUT2D eigenvalue weighted by atomic mass is 9.88. The molecule has 34 heavy (non-hydrogen) atoms. The van der Waals surface area contributed by atoms with Gasteiger partial charge in [0.25, 0.3) is 0 Å². The highest BCUT2D eigenvalue weighted by Crippen LogP contribution is 2.41. The Morgan fingerprint density at radius 2 is 0.794 bits per heavy atom. The summed E-state index contributed by atoms with van der Waals surface area (Å²) in [7, 11) is 0. The van der Waals surface area contributed by atoms with Gasteiger partial charge >= 0.3 is 0 Å². The van der Waals surface area contributed by atoms with Crippen molar-refractivity contribution in [3.05, 3.63) is 96.1 Å². The van der Waals surface area contributed by atoms with Gasteiger partial charge in [0.05, 0.1) is 26.4 Å². The van der Waals surface area contributed by atoms with Gasteiger partial charge in [-0.3, -0.25) is 0 Å². The van der Waals surface area contributed by atoms with Crippen molar-refractivity contribution in [3.8, 4) is 22.3 Å². The van der Waals surface area contributed by atoms with Crippen LogP contribution in [-0.2, 0) is 18.9 Å². The van der Waals surface area contributed by atoms with Crippen LogP contribution in [0, 0.1) is 0 Å². The van der Waals surface area contributed by atoms with Crippen molar-refractivity contribution in [2.75, 3.05) is 26.4 Å². The molecule has 0 amide bonds. The first-order chi connectivity index (χ1) is 16.9. The molecule has 4 aromatic carbocycles. The van der Waals surface area contributed by atoms with Gasteiger partial charge in [-0.25, -0.2) is 0 Å². The fourth-order valence-electron chi connectivity index (χ4n) is 5.00. The Kier molecular flexibility index (Phi) is 6.13. The van der Waals surface area contributed by atoms with Gasteiger partial charge in [0.2, 0.25) is 0 Å². The average Bonchev–Trinajstić information content (AvgIpc) is 2.93. The molecule has 0 aliphatic carbocycles. The zero-order chi connectivity index (χ0) is 22.7. The van der Waals surface area contributed by atoms with Crippen molar-refractivity contribution in [2.45, 2.75) is 25.4 Å². The average molecular weight is 453 g/mol. The summed E-state index contributed by atoms with van der Waals surface area (Å²) in [4.78, 5) is 0. The minimum atomic E-state index is -0.329. The van der Waals surface area contributed by atoms with E-state index in [4.69, 9.17) is 18.9 Å². The third-order valence-electron chi connectivity index (χ3n) is 6.59. The first kappa shape index (κ1) is 21.5. The summed E-state index contributed by atoms with van der Waals surface area (Å²) in [6.07, 6.45) is 1.21. The summed E-state index contributed by atoms with van der Waals surface area (Å²) in [5.74, 6) is 0. The Balaban J connectivity index is 1.49. The van der Waals surface area contributed by atoms with E-state index in [-0.39, 0.29) is 12.6 Å². The van der Waals surface area contributed by atoms with Gasteiger partial charge in [0.1, 0.15) is 0 Å². The molecule has 2 aliphatic rings. The maximum atomic E-state index is 5.96. The number of hydrogen-bond donors (Lipinski definition) is 0. The molecule has 6 rings (SSSR count). The predicted molar refractivity (Wildman–Crippen MR) is 133 cm³/mol. The topological polar surface area (TPSA) is 36.9 Å². The molecule has 172 valence electrons. The summed E-state index contributed by atoms with van der Waals surface area (Å²) in [5.41, 5.74) is 6.79. The smallest absolute Gasteiger partial charge is 0.184 e. The molecule has 2 heterocycles. The maximum Gasteiger partial charge on any atom is 0.184 e. The van der Waals surface area contributed by atoms with Crippen molar-refractivity contribution in [1.29, 1.82) is 0 Å². The van der Waals surface area contributed by atoms with Crippen molar-refractivity contribution >= 4 is 10.8 Å². The summed E-state index contributed by atoms with van der Waals surface area (Å²) < 4.78 is 23.9. The zero-order valence-corrected chi connectivity index (χ0v) is 19.1. The van der Waals surface area contributed by atoms with Crippen molar-refractivity contribution < 1.29 is 18.9 Å². The standard InChI is InChI=1S/C30H28O4/c1-2-10-22-21(9-1)25(23-11-3-5-13-27(23)29-31-17-7-18-32-29)15-16-26(22)24-12-4-6-14-28(24)30-33-19-8-20-34-30/h1-6,9-16,29-30H,7-8,17-20H2. The van der Waals surface area contributed by atoms with Crippen molar-refractivity contribution in [1.82, 2.24) is 0 Å². The van der Waals surface area contributed by atoms with E-state index in [1.807, 2.05) is 0 Å². The van der Waals surface area contributed by atoms with Crippen LogP contribution in [-0.4, -0.2) is 26.4 Å². The van der Waals surface area contributed by atoms with E-state index in [1.165, 1.54) is 21.9 Å². The van der Waals surface area contributed by atoms with E-state index in [0.29, 0.717) is 0 Å². The van der Waals surface area contributed by atoms with Crippen LogP contribution in [0.5, 0.6) is 0 Å². The van der Waals surface area contributed by atoms with E-state index >= 15 is 0 Å². The van der Waals surface area contributed by atoms with Gasteiger partial charge in [-0.1, -0.05) is 84.9 Å². The fraction of sp³-hybridized carbons (Fsp3) is 0.267. The molecular formula is C30H28O4. The van der Waals surface area contributed by atoms with Crippen LogP contribution < -0.4 is 0 Å². The quantitative estimate of drug-likeness (QED) is 0.333. The van der Waals surface area contributed by atoms with Crippen LogP contribution in [0.3, 0.4) is 0 Å². The maximum absolute atomic E-state index is 5.96. The van der Waals surface area contributed by atoms with Gasteiger partial charge in [-0.05, 0) is 45.9 Å².